The molecule has 1 heterocycles. The minimum absolute atomic E-state index is 0.0377. The summed E-state index contributed by atoms with van der Waals surface area (Å²) < 4.78 is 41.6. The van der Waals surface area contributed by atoms with Crippen molar-refractivity contribution in [2.45, 2.75) is 9.92 Å². The summed E-state index contributed by atoms with van der Waals surface area (Å²) in [4.78, 5) is 10.9. The van der Waals surface area contributed by atoms with Gasteiger partial charge in [0.15, 0.2) is 0 Å². The Hall–Kier alpha value is -3.27. The molecule has 11 heteroatoms. The standard InChI is InChI=1S/C21H12Cl2FN3O4S/c22-14-5-10-17(23)18(11-14)32(30,31)20-19(12-1-6-15(24)7-2-12)27(26-25-20)16-8-3-13(4-9-16)21(28)29/h1-11H,(H,28,29). The Balaban J connectivity index is 1.97. The van der Waals surface area contributed by atoms with Crippen molar-refractivity contribution in [3.05, 3.63) is 88.2 Å². The SMILES string of the molecule is O=C(O)c1ccc(-n2nnc(S(=O)(=O)c3cc(Cl)ccc3Cl)c2-c2ccc(F)cc2)cc1. The quantitative estimate of drug-likeness (QED) is 0.425. The van der Waals surface area contributed by atoms with Crippen molar-refractivity contribution in [3.8, 4) is 16.9 Å². The van der Waals surface area contributed by atoms with E-state index in [-0.39, 0.29) is 26.2 Å². The van der Waals surface area contributed by atoms with E-state index in [2.05, 4.69) is 10.3 Å². The topological polar surface area (TPSA) is 102 Å². The first-order chi connectivity index (χ1) is 15.2. The fraction of sp³-hybridized carbons (Fsp3) is 0. The molecule has 0 radical (unpaired) electrons. The summed E-state index contributed by atoms with van der Waals surface area (Å²) in [6.07, 6.45) is 0. The number of rotatable bonds is 5. The molecule has 0 bridgehead atoms. The van der Waals surface area contributed by atoms with Crippen molar-refractivity contribution in [2.75, 3.05) is 0 Å². The molecule has 0 fully saturated rings. The largest absolute Gasteiger partial charge is 0.478 e. The van der Waals surface area contributed by atoms with Crippen molar-refractivity contribution in [2.24, 2.45) is 0 Å². The molecule has 162 valence electrons. The van der Waals surface area contributed by atoms with E-state index in [1.165, 1.54) is 71.4 Å². The lowest BCUT2D eigenvalue weighted by atomic mass is 10.1. The van der Waals surface area contributed by atoms with Crippen molar-refractivity contribution in [1.82, 2.24) is 15.0 Å². The van der Waals surface area contributed by atoms with Gasteiger partial charge < -0.3 is 5.11 Å². The van der Waals surface area contributed by atoms with Gasteiger partial charge in [0.25, 0.3) is 0 Å². The molecule has 0 spiro atoms. The third kappa shape index (κ3) is 3.97. The Bertz CT molecular complexity index is 1440. The first kappa shape index (κ1) is 21.9. The lowest BCUT2D eigenvalue weighted by molar-refractivity contribution is 0.0697. The smallest absolute Gasteiger partial charge is 0.335 e. The number of carbonyl (C=O) groups is 1. The zero-order valence-corrected chi connectivity index (χ0v) is 18.2. The lowest BCUT2D eigenvalue weighted by Gasteiger charge is -2.10. The highest BCUT2D eigenvalue weighted by molar-refractivity contribution is 7.91. The number of carboxylic acids is 1. The molecule has 4 rings (SSSR count). The molecule has 3 aromatic carbocycles. The molecule has 7 nitrogen and oxygen atoms in total. The number of hydrogen-bond acceptors (Lipinski definition) is 5. The van der Waals surface area contributed by atoms with Gasteiger partial charge in [0.1, 0.15) is 11.5 Å². The summed E-state index contributed by atoms with van der Waals surface area (Å²) in [5.74, 6) is -1.63. The van der Waals surface area contributed by atoms with Crippen molar-refractivity contribution >= 4 is 39.0 Å². The highest BCUT2D eigenvalue weighted by atomic mass is 35.5. The minimum atomic E-state index is -4.29. The second-order valence-electron chi connectivity index (χ2n) is 6.59. The van der Waals surface area contributed by atoms with Gasteiger partial charge in [-0.15, -0.1) is 5.10 Å². The van der Waals surface area contributed by atoms with Crippen LogP contribution in [0.5, 0.6) is 0 Å². The molecule has 4 aromatic rings. The Morgan fingerprint density at radius 1 is 0.969 bits per heavy atom. The van der Waals surface area contributed by atoms with Gasteiger partial charge in [0.2, 0.25) is 14.9 Å². The number of benzene rings is 3. The molecule has 0 atom stereocenters. The van der Waals surface area contributed by atoms with Gasteiger partial charge in [-0.05, 0) is 66.7 Å². The molecule has 0 unspecified atom stereocenters. The second-order valence-corrected chi connectivity index (χ2v) is 9.27. The molecular weight excluding hydrogens is 480 g/mol. The van der Waals surface area contributed by atoms with Gasteiger partial charge in [-0.3, -0.25) is 0 Å². The Labute approximate surface area is 191 Å². The van der Waals surface area contributed by atoms with E-state index < -0.39 is 26.6 Å². The highest BCUT2D eigenvalue weighted by Crippen LogP contribution is 2.35. The van der Waals surface area contributed by atoms with E-state index in [4.69, 9.17) is 28.3 Å². The van der Waals surface area contributed by atoms with Gasteiger partial charge in [-0.2, -0.15) is 0 Å². The maximum absolute atomic E-state index is 13.5. The van der Waals surface area contributed by atoms with Gasteiger partial charge in [-0.1, -0.05) is 28.4 Å². The molecule has 1 N–H and O–H groups in total. The zero-order chi connectivity index (χ0) is 23.0. The van der Waals surface area contributed by atoms with Crippen LogP contribution in [0.25, 0.3) is 16.9 Å². The predicted octanol–water partition coefficient (Wildman–Crippen LogP) is 4.91. The first-order valence-corrected chi connectivity index (χ1v) is 11.2. The molecule has 1 aromatic heterocycles. The monoisotopic (exact) mass is 491 g/mol. The van der Waals surface area contributed by atoms with Crippen LogP contribution in [0.2, 0.25) is 10.0 Å². The third-order valence-corrected chi connectivity index (χ3v) is 6.93. The van der Waals surface area contributed by atoms with Crippen LogP contribution in [0, 0.1) is 5.82 Å². The van der Waals surface area contributed by atoms with Gasteiger partial charge in [-0.25, -0.2) is 22.3 Å². The fourth-order valence-electron chi connectivity index (χ4n) is 3.02. The maximum Gasteiger partial charge on any atom is 0.335 e. The summed E-state index contributed by atoms with van der Waals surface area (Å²) in [7, 11) is -4.29. The molecular formula is C21H12Cl2FN3O4S. The number of carboxylic acid groups (broad SMARTS) is 1. The van der Waals surface area contributed by atoms with Gasteiger partial charge >= 0.3 is 5.97 Å². The normalized spacial score (nSPS) is 11.5. The number of sulfone groups is 1. The number of hydrogen-bond donors (Lipinski definition) is 1. The summed E-state index contributed by atoms with van der Waals surface area (Å²) in [5.41, 5.74) is 0.746. The van der Waals surface area contributed by atoms with Crippen LogP contribution < -0.4 is 0 Å². The average Bonchev–Trinajstić information content (AvgIpc) is 3.22. The Kier molecular flexibility index (Phi) is 5.72. The van der Waals surface area contributed by atoms with E-state index in [1.807, 2.05) is 0 Å². The Morgan fingerprint density at radius 3 is 2.25 bits per heavy atom. The van der Waals surface area contributed by atoms with Crippen molar-refractivity contribution < 1.29 is 22.7 Å². The van der Waals surface area contributed by atoms with Crippen molar-refractivity contribution in [3.63, 3.8) is 0 Å². The Morgan fingerprint density at radius 2 is 1.62 bits per heavy atom. The summed E-state index contributed by atoms with van der Waals surface area (Å²) in [6, 6.07) is 14.7. The lowest BCUT2D eigenvalue weighted by Crippen LogP contribution is -2.07. The molecule has 0 saturated carbocycles. The number of halogens is 3. The molecule has 0 aliphatic rings. The van der Waals surface area contributed by atoms with Crippen LogP contribution in [0.3, 0.4) is 0 Å². The first-order valence-electron chi connectivity index (χ1n) is 8.94. The number of aromatic carboxylic acids is 1. The zero-order valence-electron chi connectivity index (χ0n) is 15.9. The van der Waals surface area contributed by atoms with Crippen LogP contribution in [0.4, 0.5) is 4.39 Å². The number of nitrogens with zero attached hydrogens (tertiary/aromatic N) is 3. The van der Waals surface area contributed by atoms with Crippen LogP contribution in [-0.4, -0.2) is 34.5 Å². The molecule has 0 aliphatic heterocycles. The third-order valence-electron chi connectivity index (χ3n) is 4.55. The van der Waals surface area contributed by atoms with Crippen LogP contribution in [0.1, 0.15) is 10.4 Å². The van der Waals surface area contributed by atoms with E-state index in [0.717, 1.165) is 0 Å². The minimum Gasteiger partial charge on any atom is -0.478 e. The van der Waals surface area contributed by atoms with Gasteiger partial charge in [0, 0.05) is 10.6 Å². The van der Waals surface area contributed by atoms with E-state index >= 15 is 0 Å². The molecule has 0 saturated heterocycles. The van der Waals surface area contributed by atoms with E-state index in [0.29, 0.717) is 11.3 Å². The van der Waals surface area contributed by atoms with E-state index in [1.54, 1.807) is 0 Å². The average molecular weight is 492 g/mol. The fourth-order valence-corrected chi connectivity index (χ4v) is 5.09. The molecule has 32 heavy (non-hydrogen) atoms. The van der Waals surface area contributed by atoms with Gasteiger partial charge in [0.05, 0.1) is 21.2 Å². The van der Waals surface area contributed by atoms with Crippen LogP contribution in [0.15, 0.2) is 76.7 Å². The maximum atomic E-state index is 13.5. The highest BCUT2D eigenvalue weighted by Gasteiger charge is 2.31. The molecule has 0 aliphatic carbocycles. The second kappa shape index (κ2) is 8.34. The predicted molar refractivity (Wildman–Crippen MR) is 116 cm³/mol. The summed E-state index contributed by atoms with van der Waals surface area (Å²) >= 11 is 12.1. The van der Waals surface area contributed by atoms with E-state index in [9.17, 15) is 17.6 Å². The number of aromatic nitrogens is 3. The summed E-state index contributed by atoms with van der Waals surface area (Å²) in [5, 5.41) is 16.7. The van der Waals surface area contributed by atoms with Crippen LogP contribution >= 0.6 is 23.2 Å². The summed E-state index contributed by atoms with van der Waals surface area (Å²) in [6.45, 7) is 0. The van der Waals surface area contributed by atoms with Crippen LogP contribution in [-0.2, 0) is 9.84 Å². The van der Waals surface area contributed by atoms with Crippen molar-refractivity contribution in [1.29, 1.82) is 0 Å². The molecule has 0 amide bonds.